The summed E-state index contributed by atoms with van der Waals surface area (Å²) in [5, 5.41) is 3.83. The number of halogens is 1. The molecular weight excluding hydrogens is 288 g/mol. The molecule has 0 fully saturated rings. The Hall–Kier alpha value is -1.45. The van der Waals surface area contributed by atoms with Gasteiger partial charge in [-0.25, -0.2) is 9.97 Å². The van der Waals surface area contributed by atoms with Crippen LogP contribution in [0.1, 0.15) is 26.6 Å². The molecule has 2 aromatic heterocycles. The summed E-state index contributed by atoms with van der Waals surface area (Å²) < 4.78 is 1.24. The largest absolute Gasteiger partial charge is 0.232 e. The van der Waals surface area contributed by atoms with Gasteiger partial charge in [0.2, 0.25) is 0 Å². The third-order valence-electron chi connectivity index (χ3n) is 3.12. The zero-order valence-electron chi connectivity index (χ0n) is 11.6. The van der Waals surface area contributed by atoms with E-state index in [1.54, 1.807) is 11.3 Å². The molecule has 0 aliphatic carbocycles. The fourth-order valence-electron chi connectivity index (χ4n) is 2.09. The van der Waals surface area contributed by atoms with Crippen molar-refractivity contribution in [3.8, 4) is 11.3 Å². The monoisotopic (exact) mass is 302 g/mol. The highest BCUT2D eigenvalue weighted by Crippen LogP contribution is 2.33. The number of nitrogens with zero attached hydrogens (tertiary/aromatic N) is 2. The molecule has 2 nitrogen and oxygen atoms in total. The molecule has 0 amide bonds. The Morgan fingerprint density at radius 1 is 1.10 bits per heavy atom. The van der Waals surface area contributed by atoms with E-state index in [9.17, 15) is 0 Å². The van der Waals surface area contributed by atoms with Crippen molar-refractivity contribution in [3.05, 3.63) is 46.7 Å². The van der Waals surface area contributed by atoms with Gasteiger partial charge in [0.15, 0.2) is 0 Å². The lowest BCUT2D eigenvalue weighted by Gasteiger charge is -2.17. The quantitative estimate of drug-likeness (QED) is 0.569. The van der Waals surface area contributed by atoms with E-state index >= 15 is 0 Å². The van der Waals surface area contributed by atoms with E-state index in [2.05, 4.69) is 55.4 Å². The SMILES string of the molecule is CC(C)(C)c1nc(Cl)cc(-c2cccc3ccsc23)n1. The van der Waals surface area contributed by atoms with Crippen LogP contribution in [0.4, 0.5) is 0 Å². The highest BCUT2D eigenvalue weighted by molar-refractivity contribution is 7.17. The van der Waals surface area contributed by atoms with Crippen molar-refractivity contribution < 1.29 is 0 Å². The summed E-state index contributed by atoms with van der Waals surface area (Å²) in [7, 11) is 0. The van der Waals surface area contributed by atoms with E-state index in [0.29, 0.717) is 5.15 Å². The molecule has 0 saturated heterocycles. The number of rotatable bonds is 1. The van der Waals surface area contributed by atoms with Crippen molar-refractivity contribution in [2.24, 2.45) is 0 Å². The van der Waals surface area contributed by atoms with Crippen molar-refractivity contribution in [2.45, 2.75) is 26.2 Å². The minimum atomic E-state index is -0.122. The van der Waals surface area contributed by atoms with Crippen LogP contribution in [-0.4, -0.2) is 9.97 Å². The third-order valence-corrected chi connectivity index (χ3v) is 4.28. The number of thiophene rings is 1. The first-order valence-corrected chi connectivity index (χ1v) is 7.72. The van der Waals surface area contributed by atoms with Crippen molar-refractivity contribution in [3.63, 3.8) is 0 Å². The summed E-state index contributed by atoms with van der Waals surface area (Å²) in [6.07, 6.45) is 0. The Morgan fingerprint density at radius 3 is 2.65 bits per heavy atom. The topological polar surface area (TPSA) is 25.8 Å². The molecule has 3 rings (SSSR count). The van der Waals surface area contributed by atoms with Crippen LogP contribution < -0.4 is 0 Å². The van der Waals surface area contributed by atoms with Crippen LogP contribution in [0.5, 0.6) is 0 Å². The van der Waals surface area contributed by atoms with Gasteiger partial charge in [-0.3, -0.25) is 0 Å². The zero-order valence-corrected chi connectivity index (χ0v) is 13.2. The van der Waals surface area contributed by atoms with E-state index in [1.165, 1.54) is 10.1 Å². The summed E-state index contributed by atoms with van der Waals surface area (Å²) in [5.74, 6) is 0.772. The van der Waals surface area contributed by atoms with Gasteiger partial charge in [0, 0.05) is 21.7 Å². The highest BCUT2D eigenvalue weighted by Gasteiger charge is 2.19. The fourth-order valence-corrected chi connectivity index (χ4v) is 3.19. The standard InChI is InChI=1S/C16H15ClN2S/c1-16(2,3)15-18-12(9-13(17)19-15)11-6-4-5-10-7-8-20-14(10)11/h4-9H,1-3H3. The van der Waals surface area contributed by atoms with Crippen LogP contribution in [0.3, 0.4) is 0 Å². The Labute approximate surface area is 127 Å². The molecule has 20 heavy (non-hydrogen) atoms. The van der Waals surface area contributed by atoms with Gasteiger partial charge in [0.1, 0.15) is 11.0 Å². The minimum absolute atomic E-state index is 0.122. The third kappa shape index (κ3) is 2.43. The molecule has 4 heteroatoms. The Bertz CT molecular complexity index is 771. The first-order chi connectivity index (χ1) is 9.45. The zero-order chi connectivity index (χ0) is 14.3. The number of aromatic nitrogens is 2. The molecule has 0 unspecified atom stereocenters. The molecule has 0 bridgehead atoms. The molecule has 3 aromatic rings. The molecular formula is C16H15ClN2S. The predicted octanol–water partition coefficient (Wildman–Crippen LogP) is 5.31. The molecule has 0 radical (unpaired) electrons. The van der Waals surface area contributed by atoms with E-state index in [4.69, 9.17) is 16.6 Å². The predicted molar refractivity (Wildman–Crippen MR) is 86.6 cm³/mol. The Morgan fingerprint density at radius 2 is 1.90 bits per heavy atom. The summed E-state index contributed by atoms with van der Waals surface area (Å²) in [6.45, 7) is 6.27. The first-order valence-electron chi connectivity index (χ1n) is 6.47. The minimum Gasteiger partial charge on any atom is -0.232 e. The van der Waals surface area contributed by atoms with Gasteiger partial charge in [-0.15, -0.1) is 11.3 Å². The van der Waals surface area contributed by atoms with Crippen LogP contribution in [0.15, 0.2) is 35.7 Å². The van der Waals surface area contributed by atoms with Crippen molar-refractivity contribution in [1.29, 1.82) is 0 Å². The van der Waals surface area contributed by atoms with Gasteiger partial charge in [-0.05, 0) is 16.8 Å². The summed E-state index contributed by atoms with van der Waals surface area (Å²) >= 11 is 7.91. The van der Waals surface area contributed by atoms with Gasteiger partial charge in [-0.2, -0.15) is 0 Å². The molecule has 102 valence electrons. The number of benzene rings is 1. The maximum Gasteiger partial charge on any atom is 0.136 e. The average molecular weight is 303 g/mol. The molecule has 0 aliphatic heterocycles. The first kappa shape index (κ1) is 13.5. The maximum atomic E-state index is 6.18. The highest BCUT2D eigenvalue weighted by atomic mass is 35.5. The normalized spacial score (nSPS) is 12.0. The number of fused-ring (bicyclic) bond motifs is 1. The lowest BCUT2D eigenvalue weighted by atomic mass is 9.95. The summed E-state index contributed by atoms with van der Waals surface area (Å²) in [5.41, 5.74) is 1.89. The maximum absolute atomic E-state index is 6.18. The van der Waals surface area contributed by atoms with E-state index < -0.39 is 0 Å². The van der Waals surface area contributed by atoms with E-state index in [1.807, 2.05) is 6.07 Å². The second kappa shape index (κ2) is 4.83. The van der Waals surface area contributed by atoms with Crippen LogP contribution in [-0.2, 0) is 5.41 Å². The average Bonchev–Trinajstić information content (AvgIpc) is 2.84. The van der Waals surface area contributed by atoms with Crippen LogP contribution in [0.2, 0.25) is 5.15 Å². The van der Waals surface area contributed by atoms with Gasteiger partial charge < -0.3 is 0 Å². The van der Waals surface area contributed by atoms with Gasteiger partial charge in [0.05, 0.1) is 5.69 Å². The van der Waals surface area contributed by atoms with Crippen molar-refractivity contribution in [2.75, 3.05) is 0 Å². The molecule has 0 N–H and O–H groups in total. The number of hydrogen-bond acceptors (Lipinski definition) is 3. The second-order valence-electron chi connectivity index (χ2n) is 5.79. The molecule has 1 aromatic carbocycles. The summed E-state index contributed by atoms with van der Waals surface area (Å²) in [4.78, 5) is 9.07. The van der Waals surface area contributed by atoms with Gasteiger partial charge >= 0.3 is 0 Å². The molecule has 0 spiro atoms. The molecule has 2 heterocycles. The van der Waals surface area contributed by atoms with Crippen LogP contribution in [0.25, 0.3) is 21.3 Å². The second-order valence-corrected chi connectivity index (χ2v) is 7.10. The van der Waals surface area contributed by atoms with Crippen molar-refractivity contribution >= 4 is 33.0 Å². The summed E-state index contributed by atoms with van der Waals surface area (Å²) in [6, 6.07) is 10.2. The lowest BCUT2D eigenvalue weighted by Crippen LogP contribution is -2.16. The molecule has 0 saturated carbocycles. The van der Waals surface area contributed by atoms with Crippen molar-refractivity contribution in [1.82, 2.24) is 9.97 Å². The van der Waals surface area contributed by atoms with Gasteiger partial charge in [0.25, 0.3) is 0 Å². The Kier molecular flexibility index (Phi) is 3.27. The fraction of sp³-hybridized carbons (Fsp3) is 0.250. The lowest BCUT2D eigenvalue weighted by molar-refractivity contribution is 0.546. The smallest absolute Gasteiger partial charge is 0.136 e. The number of hydrogen-bond donors (Lipinski definition) is 0. The van der Waals surface area contributed by atoms with E-state index in [0.717, 1.165) is 17.1 Å². The van der Waals surface area contributed by atoms with E-state index in [-0.39, 0.29) is 5.41 Å². The Balaban J connectivity index is 2.24. The molecule has 0 atom stereocenters. The molecule has 0 aliphatic rings. The van der Waals surface area contributed by atoms with Crippen LogP contribution >= 0.6 is 22.9 Å². The van der Waals surface area contributed by atoms with Gasteiger partial charge in [-0.1, -0.05) is 50.6 Å². The van der Waals surface area contributed by atoms with Crippen LogP contribution in [0, 0.1) is 0 Å².